The molecule has 0 fully saturated rings. The third-order valence-corrected chi connectivity index (χ3v) is 4.76. The van der Waals surface area contributed by atoms with Crippen LogP contribution in [0.15, 0.2) is 42.5 Å². The van der Waals surface area contributed by atoms with Crippen LogP contribution in [-0.4, -0.2) is 50.6 Å². The largest absolute Gasteiger partial charge is 0.490 e. The molecule has 1 aliphatic heterocycles. The highest BCUT2D eigenvalue weighted by molar-refractivity contribution is 6.35. The first-order valence-electron chi connectivity index (χ1n) is 9.57. The molecule has 0 aromatic heterocycles. The Labute approximate surface area is 171 Å². The Kier molecular flexibility index (Phi) is 5.92. The highest BCUT2D eigenvalue weighted by Gasteiger charge is 2.29. The van der Waals surface area contributed by atoms with Gasteiger partial charge in [-0.25, -0.2) is 0 Å². The summed E-state index contributed by atoms with van der Waals surface area (Å²) in [6.07, 6.45) is 1.22. The van der Waals surface area contributed by atoms with Crippen LogP contribution in [0.1, 0.15) is 25.0 Å². The summed E-state index contributed by atoms with van der Waals surface area (Å²) in [5.41, 5.74) is 3.25. The average molecular weight is 394 g/mol. The number of para-hydroxylation sites is 1. The molecule has 6 heteroatoms. The summed E-state index contributed by atoms with van der Waals surface area (Å²) in [6, 6.07) is 13.2. The molecule has 1 aliphatic rings. The number of hydrogen-bond donors (Lipinski definition) is 0. The quantitative estimate of drug-likeness (QED) is 0.704. The first-order chi connectivity index (χ1) is 13.8. The zero-order valence-electron chi connectivity index (χ0n) is 17.4. The lowest BCUT2D eigenvalue weighted by Gasteiger charge is -2.20. The number of anilines is 1. The number of nitrogens with zero attached hydrogens (tertiary/aromatic N) is 2. The number of likely N-dealkylation sites (N-methyl/N-ethyl adjacent to an activating group) is 2. The first kappa shape index (κ1) is 20.5. The maximum absolute atomic E-state index is 12.7. The van der Waals surface area contributed by atoms with Gasteiger partial charge < -0.3 is 19.3 Å². The van der Waals surface area contributed by atoms with Crippen LogP contribution in [-0.2, 0) is 9.59 Å². The van der Waals surface area contributed by atoms with E-state index in [1.165, 1.54) is 4.90 Å². The van der Waals surface area contributed by atoms with Gasteiger partial charge in [0.2, 0.25) is 0 Å². The molecule has 2 amide bonds. The number of rotatable bonds is 6. The molecular formula is C23H26N2O4. The summed E-state index contributed by atoms with van der Waals surface area (Å²) in [6.45, 7) is 4.05. The molecule has 0 saturated heterocycles. The van der Waals surface area contributed by atoms with Crippen LogP contribution < -0.4 is 14.4 Å². The van der Waals surface area contributed by atoms with Crippen LogP contribution >= 0.6 is 0 Å². The summed E-state index contributed by atoms with van der Waals surface area (Å²) >= 11 is 0. The van der Waals surface area contributed by atoms with Crippen molar-refractivity contribution in [2.45, 2.75) is 20.0 Å². The van der Waals surface area contributed by atoms with E-state index in [0.29, 0.717) is 23.7 Å². The lowest BCUT2D eigenvalue weighted by Crippen LogP contribution is -2.35. The molecule has 1 heterocycles. The lowest BCUT2D eigenvalue weighted by atomic mass is 10.0. The Balaban J connectivity index is 1.94. The Hall–Kier alpha value is -3.28. The molecule has 2 aromatic carbocycles. The molecule has 0 spiro atoms. The molecule has 6 nitrogen and oxygen atoms in total. The molecule has 0 saturated carbocycles. The van der Waals surface area contributed by atoms with Crippen molar-refractivity contribution >= 4 is 29.2 Å². The topological polar surface area (TPSA) is 59.1 Å². The van der Waals surface area contributed by atoms with Gasteiger partial charge in [-0.2, -0.15) is 0 Å². The van der Waals surface area contributed by atoms with Gasteiger partial charge in [0.05, 0.1) is 12.3 Å². The fourth-order valence-corrected chi connectivity index (χ4v) is 3.29. The van der Waals surface area contributed by atoms with Gasteiger partial charge in [0.1, 0.15) is 0 Å². The maximum atomic E-state index is 12.7. The third kappa shape index (κ3) is 4.11. The minimum Gasteiger partial charge on any atom is -0.490 e. The Bertz CT molecular complexity index is 965. The predicted molar refractivity (Wildman–Crippen MR) is 114 cm³/mol. The van der Waals surface area contributed by atoms with Crippen molar-refractivity contribution in [1.82, 2.24) is 4.90 Å². The standard InChI is InChI=1S/C23H26N2O4/c1-6-28-21-14-16(11-12-20(21)29-15(2)22(26)24(3)4)13-18-17-9-7-8-10-19(17)25(5)23(18)27/h7-15H,6H2,1-5H3/b18-13+/t15-/m0/s1. The number of ether oxygens (including phenoxy) is 2. The number of fused-ring (bicyclic) bond motifs is 1. The molecule has 29 heavy (non-hydrogen) atoms. The van der Waals surface area contributed by atoms with Crippen molar-refractivity contribution in [3.05, 3.63) is 53.6 Å². The van der Waals surface area contributed by atoms with Gasteiger partial charge in [-0.15, -0.1) is 0 Å². The molecule has 0 unspecified atom stereocenters. The van der Waals surface area contributed by atoms with Gasteiger partial charge in [-0.3, -0.25) is 9.59 Å². The molecule has 0 radical (unpaired) electrons. The van der Waals surface area contributed by atoms with E-state index in [1.54, 1.807) is 39.0 Å². The summed E-state index contributed by atoms with van der Waals surface area (Å²) in [5, 5.41) is 0. The van der Waals surface area contributed by atoms with E-state index < -0.39 is 6.10 Å². The first-order valence-corrected chi connectivity index (χ1v) is 9.57. The van der Waals surface area contributed by atoms with Gasteiger partial charge in [0, 0.05) is 32.3 Å². The van der Waals surface area contributed by atoms with Crippen molar-refractivity contribution in [3.8, 4) is 11.5 Å². The van der Waals surface area contributed by atoms with Gasteiger partial charge in [-0.05, 0) is 43.7 Å². The molecular weight excluding hydrogens is 368 g/mol. The van der Waals surface area contributed by atoms with Crippen LogP contribution in [0.5, 0.6) is 11.5 Å². The third-order valence-electron chi connectivity index (χ3n) is 4.76. The second-order valence-corrected chi connectivity index (χ2v) is 7.07. The fraction of sp³-hybridized carbons (Fsp3) is 0.304. The summed E-state index contributed by atoms with van der Waals surface area (Å²) in [4.78, 5) is 27.9. The monoisotopic (exact) mass is 394 g/mol. The van der Waals surface area contributed by atoms with Gasteiger partial charge in [0.15, 0.2) is 17.6 Å². The molecule has 0 bridgehead atoms. The molecule has 0 aliphatic carbocycles. The van der Waals surface area contributed by atoms with E-state index in [-0.39, 0.29) is 11.8 Å². The molecule has 2 aromatic rings. The van der Waals surface area contributed by atoms with Crippen molar-refractivity contribution < 1.29 is 19.1 Å². The lowest BCUT2D eigenvalue weighted by molar-refractivity contribution is -0.135. The van der Waals surface area contributed by atoms with Gasteiger partial charge in [0.25, 0.3) is 11.8 Å². The summed E-state index contributed by atoms with van der Waals surface area (Å²) in [7, 11) is 5.15. The summed E-state index contributed by atoms with van der Waals surface area (Å²) < 4.78 is 11.6. The Morgan fingerprint density at radius 1 is 1.17 bits per heavy atom. The van der Waals surface area contributed by atoms with Crippen LogP contribution in [0.2, 0.25) is 0 Å². The molecule has 1 atom stereocenters. The number of benzene rings is 2. The Morgan fingerprint density at radius 3 is 2.59 bits per heavy atom. The SMILES string of the molecule is CCOc1cc(/C=C2/C(=O)N(C)c3ccccc32)ccc1O[C@@H](C)C(=O)N(C)C. The fourth-order valence-electron chi connectivity index (χ4n) is 3.29. The number of carbonyl (C=O) groups excluding carboxylic acids is 2. The zero-order valence-corrected chi connectivity index (χ0v) is 17.4. The highest BCUT2D eigenvalue weighted by atomic mass is 16.5. The van der Waals surface area contributed by atoms with E-state index in [0.717, 1.165) is 16.8 Å². The predicted octanol–water partition coefficient (Wildman–Crippen LogP) is 3.46. The van der Waals surface area contributed by atoms with Crippen LogP contribution in [0, 0.1) is 0 Å². The van der Waals surface area contributed by atoms with E-state index >= 15 is 0 Å². The van der Waals surface area contributed by atoms with E-state index in [2.05, 4.69) is 0 Å². The van der Waals surface area contributed by atoms with Crippen LogP contribution in [0.25, 0.3) is 11.6 Å². The van der Waals surface area contributed by atoms with E-state index in [1.807, 2.05) is 49.4 Å². The van der Waals surface area contributed by atoms with E-state index in [4.69, 9.17) is 9.47 Å². The minimum absolute atomic E-state index is 0.0466. The summed E-state index contributed by atoms with van der Waals surface area (Å²) in [5.74, 6) is 0.851. The second kappa shape index (κ2) is 8.39. The maximum Gasteiger partial charge on any atom is 0.262 e. The number of hydrogen-bond acceptors (Lipinski definition) is 4. The molecule has 3 rings (SSSR count). The smallest absolute Gasteiger partial charge is 0.262 e. The van der Waals surface area contributed by atoms with Crippen LogP contribution in [0.3, 0.4) is 0 Å². The van der Waals surface area contributed by atoms with Crippen molar-refractivity contribution in [2.75, 3.05) is 32.6 Å². The van der Waals surface area contributed by atoms with Crippen molar-refractivity contribution in [2.24, 2.45) is 0 Å². The van der Waals surface area contributed by atoms with Crippen molar-refractivity contribution in [3.63, 3.8) is 0 Å². The zero-order chi connectivity index (χ0) is 21.1. The number of carbonyl (C=O) groups is 2. The number of amides is 2. The Morgan fingerprint density at radius 2 is 1.90 bits per heavy atom. The van der Waals surface area contributed by atoms with Gasteiger partial charge >= 0.3 is 0 Å². The molecule has 152 valence electrons. The van der Waals surface area contributed by atoms with Crippen LogP contribution in [0.4, 0.5) is 5.69 Å². The average Bonchev–Trinajstić information content (AvgIpc) is 2.94. The van der Waals surface area contributed by atoms with Crippen molar-refractivity contribution in [1.29, 1.82) is 0 Å². The highest BCUT2D eigenvalue weighted by Crippen LogP contribution is 2.37. The van der Waals surface area contributed by atoms with Gasteiger partial charge in [-0.1, -0.05) is 24.3 Å². The normalized spacial score (nSPS) is 15.3. The minimum atomic E-state index is -0.634. The molecule has 0 N–H and O–H groups in total. The van der Waals surface area contributed by atoms with E-state index in [9.17, 15) is 9.59 Å². The second-order valence-electron chi connectivity index (χ2n) is 7.07.